The molecule has 0 spiro atoms. The van der Waals surface area contributed by atoms with E-state index in [4.69, 9.17) is 9.47 Å². The number of benzene rings is 1. The van der Waals surface area contributed by atoms with E-state index in [0.717, 1.165) is 0 Å². The first-order valence-electron chi connectivity index (χ1n) is 5.54. The van der Waals surface area contributed by atoms with Gasteiger partial charge < -0.3 is 9.47 Å². The van der Waals surface area contributed by atoms with Crippen LogP contribution in [0.3, 0.4) is 0 Å². The molecule has 0 N–H and O–H groups in total. The summed E-state index contributed by atoms with van der Waals surface area (Å²) >= 11 is 0. The number of nitrogens with zero attached hydrogens (tertiary/aromatic N) is 1. The summed E-state index contributed by atoms with van der Waals surface area (Å²) in [6.45, 7) is 1.83. The number of carbonyl (C=O) groups excluding carboxylic acids is 2. The Morgan fingerprint density at radius 2 is 2.16 bits per heavy atom. The fourth-order valence-electron chi connectivity index (χ4n) is 1.35. The van der Waals surface area contributed by atoms with Crippen molar-refractivity contribution in [3.05, 3.63) is 33.9 Å². The standard InChI is InChI=1S/C12H13NO6/c1-9(15)18-5-2-6-19-11-3-4-12(13(16)17)10(7-11)8-14/h3-4,7-8H,2,5-6H2,1H3. The number of ether oxygens (including phenoxy) is 2. The molecule has 0 saturated heterocycles. The minimum absolute atomic E-state index is 0.0394. The third-order valence-corrected chi connectivity index (χ3v) is 2.19. The molecule has 0 aromatic heterocycles. The van der Waals surface area contributed by atoms with Gasteiger partial charge in [-0.1, -0.05) is 0 Å². The molecule has 0 amide bonds. The van der Waals surface area contributed by atoms with E-state index in [0.29, 0.717) is 18.5 Å². The molecule has 0 bridgehead atoms. The van der Waals surface area contributed by atoms with Crippen molar-refractivity contribution in [1.82, 2.24) is 0 Å². The van der Waals surface area contributed by atoms with Crippen LogP contribution in [0.2, 0.25) is 0 Å². The Hall–Kier alpha value is -2.44. The molecular formula is C12H13NO6. The molecule has 0 aliphatic carbocycles. The third-order valence-electron chi connectivity index (χ3n) is 2.19. The van der Waals surface area contributed by atoms with Gasteiger partial charge in [-0.3, -0.25) is 19.7 Å². The number of rotatable bonds is 7. The molecule has 0 unspecified atom stereocenters. The van der Waals surface area contributed by atoms with Gasteiger partial charge in [-0.05, 0) is 12.1 Å². The highest BCUT2D eigenvalue weighted by molar-refractivity contribution is 5.82. The summed E-state index contributed by atoms with van der Waals surface area (Å²) in [4.78, 5) is 31.2. The maximum atomic E-state index is 10.7. The molecule has 7 nitrogen and oxygen atoms in total. The molecule has 102 valence electrons. The van der Waals surface area contributed by atoms with Gasteiger partial charge in [0.15, 0.2) is 6.29 Å². The molecule has 1 aromatic carbocycles. The average molecular weight is 267 g/mol. The van der Waals surface area contributed by atoms with Gasteiger partial charge in [-0.15, -0.1) is 0 Å². The van der Waals surface area contributed by atoms with Gasteiger partial charge in [-0.2, -0.15) is 0 Å². The predicted octanol–water partition coefficient (Wildman–Crippen LogP) is 1.74. The van der Waals surface area contributed by atoms with E-state index in [1.165, 1.54) is 25.1 Å². The number of hydrogen-bond acceptors (Lipinski definition) is 6. The Morgan fingerprint density at radius 3 is 2.74 bits per heavy atom. The van der Waals surface area contributed by atoms with Crippen LogP contribution in [-0.4, -0.2) is 30.4 Å². The normalized spacial score (nSPS) is 9.74. The number of nitro benzene ring substituents is 1. The minimum Gasteiger partial charge on any atom is -0.493 e. The van der Waals surface area contributed by atoms with Crippen LogP contribution in [0.4, 0.5) is 5.69 Å². The van der Waals surface area contributed by atoms with Gasteiger partial charge in [0, 0.05) is 19.4 Å². The van der Waals surface area contributed by atoms with E-state index in [2.05, 4.69) is 0 Å². The highest BCUT2D eigenvalue weighted by atomic mass is 16.6. The molecule has 1 rings (SSSR count). The Bertz CT molecular complexity index is 485. The fraction of sp³-hybridized carbons (Fsp3) is 0.333. The predicted molar refractivity (Wildman–Crippen MR) is 65.2 cm³/mol. The van der Waals surface area contributed by atoms with Crippen LogP contribution in [0.1, 0.15) is 23.7 Å². The zero-order valence-corrected chi connectivity index (χ0v) is 10.3. The van der Waals surface area contributed by atoms with Crippen molar-refractivity contribution < 1.29 is 24.0 Å². The molecule has 0 heterocycles. The van der Waals surface area contributed by atoms with Crippen molar-refractivity contribution in [2.24, 2.45) is 0 Å². The zero-order chi connectivity index (χ0) is 14.3. The second-order valence-electron chi connectivity index (χ2n) is 3.64. The van der Waals surface area contributed by atoms with Gasteiger partial charge in [0.25, 0.3) is 5.69 Å². The molecule has 0 saturated carbocycles. The van der Waals surface area contributed by atoms with Crippen LogP contribution in [-0.2, 0) is 9.53 Å². The number of nitro groups is 1. The summed E-state index contributed by atoms with van der Waals surface area (Å²) in [6, 6.07) is 3.93. The summed E-state index contributed by atoms with van der Waals surface area (Å²) in [7, 11) is 0. The van der Waals surface area contributed by atoms with Crippen molar-refractivity contribution in [3.63, 3.8) is 0 Å². The zero-order valence-electron chi connectivity index (χ0n) is 10.3. The molecule has 0 radical (unpaired) electrons. The maximum absolute atomic E-state index is 10.7. The smallest absolute Gasteiger partial charge is 0.302 e. The fourth-order valence-corrected chi connectivity index (χ4v) is 1.35. The molecule has 0 aliphatic heterocycles. The number of carbonyl (C=O) groups is 2. The second kappa shape index (κ2) is 7.10. The number of esters is 1. The quantitative estimate of drug-likeness (QED) is 0.245. The summed E-state index contributed by atoms with van der Waals surface area (Å²) < 4.78 is 10.0. The molecule has 0 aliphatic rings. The van der Waals surface area contributed by atoms with E-state index in [1.54, 1.807) is 0 Å². The monoisotopic (exact) mass is 267 g/mol. The second-order valence-corrected chi connectivity index (χ2v) is 3.64. The topological polar surface area (TPSA) is 95.7 Å². The van der Waals surface area contributed by atoms with E-state index in [1.807, 2.05) is 0 Å². The van der Waals surface area contributed by atoms with Gasteiger partial charge in [0.2, 0.25) is 0 Å². The molecule has 7 heteroatoms. The average Bonchev–Trinajstić information content (AvgIpc) is 2.37. The Labute approximate surface area is 109 Å². The lowest BCUT2D eigenvalue weighted by atomic mass is 10.2. The lowest BCUT2D eigenvalue weighted by molar-refractivity contribution is -0.385. The van der Waals surface area contributed by atoms with E-state index >= 15 is 0 Å². The van der Waals surface area contributed by atoms with Crippen molar-refractivity contribution in [3.8, 4) is 5.75 Å². The van der Waals surface area contributed by atoms with Gasteiger partial charge in [-0.25, -0.2) is 0 Å². The first kappa shape index (κ1) is 14.6. The summed E-state index contributed by atoms with van der Waals surface area (Å²) in [6.07, 6.45) is 0.900. The Balaban J connectivity index is 2.53. The highest BCUT2D eigenvalue weighted by Crippen LogP contribution is 2.22. The maximum Gasteiger partial charge on any atom is 0.302 e. The van der Waals surface area contributed by atoms with E-state index in [9.17, 15) is 19.7 Å². The van der Waals surface area contributed by atoms with Crippen molar-refractivity contribution in [2.75, 3.05) is 13.2 Å². The lowest BCUT2D eigenvalue weighted by Crippen LogP contribution is -2.06. The third kappa shape index (κ3) is 4.74. The minimum atomic E-state index is -0.631. The molecule has 0 fully saturated rings. The van der Waals surface area contributed by atoms with Gasteiger partial charge in [0.05, 0.1) is 23.7 Å². The molecule has 0 atom stereocenters. The number of aldehydes is 1. The Kier molecular flexibility index (Phi) is 5.46. The van der Waals surface area contributed by atoms with Crippen LogP contribution in [0.25, 0.3) is 0 Å². The van der Waals surface area contributed by atoms with Gasteiger partial charge >= 0.3 is 5.97 Å². The first-order chi connectivity index (χ1) is 9.04. The molecule has 1 aromatic rings. The Morgan fingerprint density at radius 1 is 1.42 bits per heavy atom. The van der Waals surface area contributed by atoms with Crippen molar-refractivity contribution in [1.29, 1.82) is 0 Å². The highest BCUT2D eigenvalue weighted by Gasteiger charge is 2.13. The lowest BCUT2D eigenvalue weighted by Gasteiger charge is -2.06. The van der Waals surface area contributed by atoms with Crippen LogP contribution >= 0.6 is 0 Å². The van der Waals surface area contributed by atoms with Crippen LogP contribution in [0.5, 0.6) is 5.75 Å². The summed E-state index contributed by atoms with van der Waals surface area (Å²) in [5.74, 6) is -0.00546. The van der Waals surface area contributed by atoms with E-state index < -0.39 is 4.92 Å². The SMILES string of the molecule is CC(=O)OCCCOc1ccc([N+](=O)[O-])c(C=O)c1. The van der Waals surface area contributed by atoms with Crippen LogP contribution in [0.15, 0.2) is 18.2 Å². The largest absolute Gasteiger partial charge is 0.493 e. The molecule has 19 heavy (non-hydrogen) atoms. The van der Waals surface area contributed by atoms with Crippen molar-refractivity contribution in [2.45, 2.75) is 13.3 Å². The van der Waals surface area contributed by atoms with Crippen LogP contribution in [0, 0.1) is 10.1 Å². The first-order valence-corrected chi connectivity index (χ1v) is 5.54. The summed E-state index contributed by atoms with van der Waals surface area (Å²) in [5, 5.41) is 10.6. The van der Waals surface area contributed by atoms with E-state index in [-0.39, 0.29) is 30.4 Å². The van der Waals surface area contributed by atoms with Crippen molar-refractivity contribution >= 4 is 17.9 Å². The number of hydrogen-bond donors (Lipinski definition) is 0. The van der Waals surface area contributed by atoms with Crippen LogP contribution < -0.4 is 4.74 Å². The summed E-state index contributed by atoms with van der Waals surface area (Å²) in [5.41, 5.74) is -0.301. The molecular weight excluding hydrogens is 254 g/mol. The van der Waals surface area contributed by atoms with Gasteiger partial charge in [0.1, 0.15) is 5.75 Å².